The van der Waals surface area contributed by atoms with Gasteiger partial charge in [0.1, 0.15) is 5.75 Å². The molecule has 0 saturated carbocycles. The molecule has 2 rings (SSSR count). The van der Waals surface area contributed by atoms with Gasteiger partial charge in [-0.2, -0.15) is 5.10 Å². The molecule has 0 saturated heterocycles. The number of hydrogen-bond donors (Lipinski definition) is 1. The largest absolute Gasteiger partial charge is 0.496 e. The van der Waals surface area contributed by atoms with Crippen LogP contribution >= 0.6 is 31.9 Å². The summed E-state index contributed by atoms with van der Waals surface area (Å²) >= 11 is 7.02. The van der Waals surface area contributed by atoms with Crippen molar-refractivity contribution in [1.29, 1.82) is 0 Å². The number of nitrogens with zero attached hydrogens (tertiary/aromatic N) is 2. The Labute approximate surface area is 135 Å². The molecule has 20 heavy (non-hydrogen) atoms. The molecule has 2 aromatic rings. The molecule has 1 aromatic heterocycles. The second-order valence-corrected chi connectivity index (χ2v) is 6.18. The molecule has 1 aromatic carbocycles. The van der Waals surface area contributed by atoms with E-state index >= 15 is 0 Å². The number of ether oxygens (including phenoxy) is 1. The first-order valence-electron chi connectivity index (χ1n) is 6.38. The van der Waals surface area contributed by atoms with Crippen molar-refractivity contribution in [3.8, 4) is 5.75 Å². The summed E-state index contributed by atoms with van der Waals surface area (Å²) in [7, 11) is 1.65. The molecular weight excluding hydrogens is 386 g/mol. The standard InChI is InChI=1S/C14H17Br2N3O/c1-3-6-19-14(11(16)8-18-19)13(17)9-4-5-12(20-2)10(15)7-9/h4-5,7-8,13H,3,6,17H2,1-2H3. The van der Waals surface area contributed by atoms with E-state index in [1.807, 2.05) is 22.9 Å². The van der Waals surface area contributed by atoms with E-state index in [2.05, 4.69) is 43.9 Å². The van der Waals surface area contributed by atoms with Crippen LogP contribution in [0.2, 0.25) is 0 Å². The highest BCUT2D eigenvalue weighted by molar-refractivity contribution is 9.10. The zero-order valence-electron chi connectivity index (χ0n) is 11.4. The second kappa shape index (κ2) is 6.74. The number of benzene rings is 1. The third-order valence-electron chi connectivity index (χ3n) is 3.10. The number of aryl methyl sites for hydroxylation is 1. The van der Waals surface area contributed by atoms with Crippen molar-refractivity contribution in [2.75, 3.05) is 7.11 Å². The number of hydrogen-bond acceptors (Lipinski definition) is 3. The lowest BCUT2D eigenvalue weighted by atomic mass is 10.0. The topological polar surface area (TPSA) is 53.1 Å². The van der Waals surface area contributed by atoms with Gasteiger partial charge in [-0.1, -0.05) is 13.0 Å². The van der Waals surface area contributed by atoms with Crippen molar-refractivity contribution >= 4 is 31.9 Å². The fourth-order valence-corrected chi connectivity index (χ4v) is 3.21. The van der Waals surface area contributed by atoms with Crippen LogP contribution in [0.3, 0.4) is 0 Å². The van der Waals surface area contributed by atoms with Crippen molar-refractivity contribution in [2.45, 2.75) is 25.9 Å². The fourth-order valence-electron chi connectivity index (χ4n) is 2.11. The van der Waals surface area contributed by atoms with Crippen LogP contribution in [0.5, 0.6) is 5.75 Å². The van der Waals surface area contributed by atoms with Gasteiger partial charge in [0.15, 0.2) is 0 Å². The summed E-state index contributed by atoms with van der Waals surface area (Å²) in [5.41, 5.74) is 8.40. The molecule has 2 N–H and O–H groups in total. The van der Waals surface area contributed by atoms with Crippen LogP contribution in [-0.4, -0.2) is 16.9 Å². The summed E-state index contributed by atoms with van der Waals surface area (Å²) in [4.78, 5) is 0. The Morgan fingerprint density at radius 3 is 2.70 bits per heavy atom. The first kappa shape index (κ1) is 15.5. The van der Waals surface area contributed by atoms with Crippen molar-refractivity contribution in [3.05, 3.63) is 44.6 Å². The van der Waals surface area contributed by atoms with E-state index in [-0.39, 0.29) is 6.04 Å². The van der Waals surface area contributed by atoms with Crippen LogP contribution < -0.4 is 10.5 Å². The molecule has 1 atom stereocenters. The van der Waals surface area contributed by atoms with Gasteiger partial charge in [0, 0.05) is 6.54 Å². The van der Waals surface area contributed by atoms with Crippen LogP contribution in [0.4, 0.5) is 0 Å². The molecule has 1 heterocycles. The van der Waals surface area contributed by atoms with Crippen molar-refractivity contribution in [2.24, 2.45) is 5.73 Å². The maximum Gasteiger partial charge on any atom is 0.133 e. The highest BCUT2D eigenvalue weighted by Gasteiger charge is 2.19. The number of methoxy groups -OCH3 is 1. The van der Waals surface area contributed by atoms with Crippen LogP contribution in [-0.2, 0) is 6.54 Å². The van der Waals surface area contributed by atoms with Gasteiger partial charge in [-0.15, -0.1) is 0 Å². The minimum atomic E-state index is -0.236. The van der Waals surface area contributed by atoms with Gasteiger partial charge in [-0.3, -0.25) is 4.68 Å². The number of aromatic nitrogens is 2. The van der Waals surface area contributed by atoms with Crippen LogP contribution in [0.25, 0.3) is 0 Å². The van der Waals surface area contributed by atoms with Gasteiger partial charge in [-0.05, 0) is 56.0 Å². The van der Waals surface area contributed by atoms with E-state index in [1.165, 1.54) is 0 Å². The molecule has 4 nitrogen and oxygen atoms in total. The quantitative estimate of drug-likeness (QED) is 0.825. The molecule has 1 unspecified atom stereocenters. The average Bonchev–Trinajstić information content (AvgIpc) is 2.79. The highest BCUT2D eigenvalue weighted by atomic mass is 79.9. The van der Waals surface area contributed by atoms with Gasteiger partial charge in [0.25, 0.3) is 0 Å². The molecule has 0 amide bonds. The zero-order chi connectivity index (χ0) is 14.7. The summed E-state index contributed by atoms with van der Waals surface area (Å²) in [6.07, 6.45) is 2.81. The maximum atomic E-state index is 6.40. The second-order valence-electron chi connectivity index (χ2n) is 4.47. The predicted octanol–water partition coefficient (Wildman–Crippen LogP) is 3.87. The molecule has 0 aliphatic heterocycles. The summed E-state index contributed by atoms with van der Waals surface area (Å²) in [6, 6.07) is 5.64. The SMILES string of the molecule is CCCn1ncc(Br)c1C(N)c1ccc(OC)c(Br)c1. The molecule has 6 heteroatoms. The molecule has 0 radical (unpaired) electrons. The van der Waals surface area contributed by atoms with Gasteiger partial charge in [0.05, 0.1) is 34.0 Å². The molecule has 0 aliphatic rings. The van der Waals surface area contributed by atoms with Gasteiger partial charge in [0.2, 0.25) is 0 Å². The van der Waals surface area contributed by atoms with Crippen LogP contribution in [0.1, 0.15) is 30.6 Å². The smallest absolute Gasteiger partial charge is 0.133 e. The van der Waals surface area contributed by atoms with E-state index < -0.39 is 0 Å². The van der Waals surface area contributed by atoms with E-state index in [4.69, 9.17) is 10.5 Å². The lowest BCUT2D eigenvalue weighted by Crippen LogP contribution is -2.18. The molecule has 0 bridgehead atoms. The maximum absolute atomic E-state index is 6.40. The predicted molar refractivity (Wildman–Crippen MR) is 86.9 cm³/mol. The monoisotopic (exact) mass is 401 g/mol. The van der Waals surface area contributed by atoms with Crippen LogP contribution in [0.15, 0.2) is 33.3 Å². The van der Waals surface area contributed by atoms with E-state index in [9.17, 15) is 0 Å². The first-order valence-corrected chi connectivity index (χ1v) is 7.97. The van der Waals surface area contributed by atoms with E-state index in [1.54, 1.807) is 13.3 Å². The number of nitrogens with two attached hydrogens (primary N) is 1. The summed E-state index contributed by atoms with van der Waals surface area (Å²) in [5, 5.41) is 4.36. The molecule has 0 aliphatic carbocycles. The Balaban J connectivity index is 2.38. The Morgan fingerprint density at radius 1 is 1.35 bits per heavy atom. The summed E-state index contributed by atoms with van der Waals surface area (Å²) in [5.74, 6) is 0.794. The van der Waals surface area contributed by atoms with E-state index in [0.29, 0.717) is 0 Å². The zero-order valence-corrected chi connectivity index (χ0v) is 14.6. The first-order chi connectivity index (χ1) is 9.58. The van der Waals surface area contributed by atoms with Gasteiger partial charge >= 0.3 is 0 Å². The fraction of sp³-hybridized carbons (Fsp3) is 0.357. The Hall–Kier alpha value is -0.850. The molecule has 0 spiro atoms. The van der Waals surface area contributed by atoms with Crippen LogP contribution in [0, 0.1) is 0 Å². The Morgan fingerprint density at radius 2 is 2.10 bits per heavy atom. The number of rotatable bonds is 5. The minimum Gasteiger partial charge on any atom is -0.496 e. The third-order valence-corrected chi connectivity index (χ3v) is 4.33. The highest BCUT2D eigenvalue weighted by Crippen LogP contribution is 2.32. The molecule has 108 valence electrons. The lowest BCUT2D eigenvalue weighted by molar-refractivity contribution is 0.412. The minimum absolute atomic E-state index is 0.236. The Kier molecular flexibility index (Phi) is 5.23. The lowest BCUT2D eigenvalue weighted by Gasteiger charge is -2.16. The molecule has 0 fully saturated rings. The third kappa shape index (κ3) is 3.07. The van der Waals surface area contributed by atoms with E-state index in [0.717, 1.165) is 38.9 Å². The normalized spacial score (nSPS) is 12.4. The summed E-state index contributed by atoms with van der Waals surface area (Å²) < 4.78 is 9.02. The summed E-state index contributed by atoms with van der Waals surface area (Å²) in [6.45, 7) is 2.97. The van der Waals surface area contributed by atoms with Crippen molar-refractivity contribution in [3.63, 3.8) is 0 Å². The van der Waals surface area contributed by atoms with Crippen molar-refractivity contribution < 1.29 is 4.74 Å². The van der Waals surface area contributed by atoms with Crippen molar-refractivity contribution in [1.82, 2.24) is 9.78 Å². The Bertz CT molecular complexity index is 598. The van der Waals surface area contributed by atoms with Gasteiger partial charge < -0.3 is 10.5 Å². The number of halogens is 2. The average molecular weight is 403 g/mol. The molecular formula is C14H17Br2N3O. The van der Waals surface area contributed by atoms with Gasteiger partial charge in [-0.25, -0.2) is 0 Å².